The van der Waals surface area contributed by atoms with E-state index >= 15 is 0 Å². The molecule has 1 aliphatic heterocycles. The van der Waals surface area contributed by atoms with Crippen molar-refractivity contribution in [2.24, 2.45) is 0 Å². The Morgan fingerprint density at radius 1 is 0.951 bits per heavy atom. The van der Waals surface area contributed by atoms with Crippen LogP contribution >= 0.6 is 0 Å². The van der Waals surface area contributed by atoms with Crippen molar-refractivity contribution in [2.75, 3.05) is 33.9 Å². The molecule has 6 rings (SSSR count). The molecular weight excluding hydrogens is 516 g/mol. The highest BCUT2D eigenvalue weighted by molar-refractivity contribution is 5.85. The number of methoxy groups -OCH3 is 2. The lowest BCUT2D eigenvalue weighted by Crippen LogP contribution is -2.39. The Bertz CT molecular complexity index is 1800. The fourth-order valence-electron chi connectivity index (χ4n) is 6.28. The number of benzene rings is 2. The lowest BCUT2D eigenvalue weighted by atomic mass is 9.90. The van der Waals surface area contributed by atoms with Crippen molar-refractivity contribution in [3.63, 3.8) is 0 Å². The van der Waals surface area contributed by atoms with Gasteiger partial charge in [0, 0.05) is 41.9 Å². The number of aromatic amines is 1. The smallest absolute Gasteiger partial charge is 0.335 e. The van der Waals surface area contributed by atoms with Crippen molar-refractivity contribution in [1.82, 2.24) is 18.9 Å². The molecule has 5 aromatic rings. The Kier molecular flexibility index (Phi) is 7.65. The van der Waals surface area contributed by atoms with Gasteiger partial charge in [-0.2, -0.15) is 0 Å². The second kappa shape index (κ2) is 11.7. The Labute approximate surface area is 238 Å². The van der Waals surface area contributed by atoms with Crippen LogP contribution in [-0.4, -0.2) is 52.7 Å². The van der Waals surface area contributed by atoms with Crippen LogP contribution in [0.4, 0.5) is 0 Å². The highest BCUT2D eigenvalue weighted by Gasteiger charge is 2.24. The van der Waals surface area contributed by atoms with Crippen molar-refractivity contribution in [2.45, 2.75) is 38.1 Å². The number of unbranched alkanes of at least 4 members (excludes halogenated alkanes) is 1. The summed E-state index contributed by atoms with van der Waals surface area (Å²) in [4.78, 5) is 33.1. The maximum absolute atomic E-state index is 13.8. The molecule has 3 aromatic heterocycles. The zero-order chi connectivity index (χ0) is 28.3. The van der Waals surface area contributed by atoms with Crippen LogP contribution < -0.4 is 20.7 Å². The summed E-state index contributed by atoms with van der Waals surface area (Å²) in [5.74, 6) is 1.94. The third kappa shape index (κ3) is 5.15. The van der Waals surface area contributed by atoms with Gasteiger partial charge in [0.15, 0.2) is 0 Å². The molecule has 1 unspecified atom stereocenters. The summed E-state index contributed by atoms with van der Waals surface area (Å²) >= 11 is 0. The van der Waals surface area contributed by atoms with Crippen molar-refractivity contribution in [3.05, 3.63) is 99.5 Å². The standard InChI is InChI=1S/C33H36N4O4/c1-40-24-14-15-28-26(20-24)27(21-34-28)23-10-9-17-35(22-23)16-7-8-19-37-32(38)31(25-11-3-4-13-30(25)41-2)29-12-5-6-18-36(29)33(37)39/h3-6,11-15,18,20-21,23,34H,7-10,16-17,19,22H2,1-2H3. The van der Waals surface area contributed by atoms with Crippen LogP contribution in [0.2, 0.25) is 0 Å². The van der Waals surface area contributed by atoms with Gasteiger partial charge in [0.1, 0.15) is 11.5 Å². The number of nitrogens with one attached hydrogen (secondary N) is 1. The molecule has 0 spiro atoms. The van der Waals surface area contributed by atoms with E-state index in [0.29, 0.717) is 34.9 Å². The van der Waals surface area contributed by atoms with E-state index in [2.05, 4.69) is 28.2 Å². The molecule has 4 heterocycles. The van der Waals surface area contributed by atoms with E-state index in [1.165, 1.54) is 15.5 Å². The largest absolute Gasteiger partial charge is 0.497 e. The summed E-state index contributed by atoms with van der Waals surface area (Å²) in [5, 5.41) is 1.23. The molecule has 0 amide bonds. The second-order valence-electron chi connectivity index (χ2n) is 10.8. The number of para-hydroxylation sites is 1. The summed E-state index contributed by atoms with van der Waals surface area (Å²) in [5.41, 5.74) is 3.65. The Morgan fingerprint density at radius 2 is 1.78 bits per heavy atom. The Morgan fingerprint density at radius 3 is 2.63 bits per heavy atom. The van der Waals surface area contributed by atoms with Gasteiger partial charge in [0.05, 0.1) is 25.3 Å². The molecule has 212 valence electrons. The third-order valence-electron chi connectivity index (χ3n) is 8.36. The number of hydrogen-bond acceptors (Lipinski definition) is 5. The number of nitrogens with zero attached hydrogens (tertiary/aromatic N) is 3. The van der Waals surface area contributed by atoms with E-state index in [0.717, 1.165) is 56.6 Å². The average molecular weight is 553 g/mol. The molecule has 1 saturated heterocycles. The van der Waals surface area contributed by atoms with Gasteiger partial charge in [0.2, 0.25) is 0 Å². The lowest BCUT2D eigenvalue weighted by Gasteiger charge is -2.32. The van der Waals surface area contributed by atoms with Crippen LogP contribution in [0, 0.1) is 0 Å². The van der Waals surface area contributed by atoms with Gasteiger partial charge in [-0.15, -0.1) is 0 Å². The van der Waals surface area contributed by atoms with Crippen molar-refractivity contribution < 1.29 is 9.47 Å². The SMILES string of the molecule is COc1ccc2[nH]cc(C3CCCN(CCCCn4c(=O)c(-c5ccccc5OC)c5ccccn5c4=O)C3)c2c1. The van der Waals surface area contributed by atoms with E-state index in [1.807, 2.05) is 48.5 Å². The highest BCUT2D eigenvalue weighted by Crippen LogP contribution is 2.34. The molecule has 8 heteroatoms. The van der Waals surface area contributed by atoms with E-state index in [4.69, 9.17) is 9.47 Å². The first kappa shape index (κ1) is 26.9. The van der Waals surface area contributed by atoms with Crippen molar-refractivity contribution in [1.29, 1.82) is 0 Å². The quantitative estimate of drug-likeness (QED) is 0.252. The summed E-state index contributed by atoms with van der Waals surface area (Å²) in [6.07, 6.45) is 7.83. The molecule has 1 atom stereocenters. The normalized spacial score (nSPS) is 15.9. The summed E-state index contributed by atoms with van der Waals surface area (Å²) in [6, 6.07) is 19.1. The van der Waals surface area contributed by atoms with Crippen LogP contribution in [0.1, 0.15) is 37.2 Å². The van der Waals surface area contributed by atoms with Gasteiger partial charge in [-0.05, 0) is 86.7 Å². The van der Waals surface area contributed by atoms with Crippen LogP contribution in [0.25, 0.3) is 27.5 Å². The van der Waals surface area contributed by atoms with E-state index in [1.54, 1.807) is 24.8 Å². The zero-order valence-corrected chi connectivity index (χ0v) is 23.6. The first-order chi connectivity index (χ1) is 20.1. The number of aromatic nitrogens is 3. The summed E-state index contributed by atoms with van der Waals surface area (Å²) < 4.78 is 14.0. The molecule has 2 aromatic carbocycles. The highest BCUT2D eigenvalue weighted by atomic mass is 16.5. The molecule has 8 nitrogen and oxygen atoms in total. The average Bonchev–Trinajstić information content (AvgIpc) is 3.44. The lowest BCUT2D eigenvalue weighted by molar-refractivity contribution is 0.204. The molecule has 1 N–H and O–H groups in total. The van der Waals surface area contributed by atoms with Gasteiger partial charge in [-0.1, -0.05) is 24.3 Å². The number of rotatable bonds is 9. The number of piperidine rings is 1. The maximum Gasteiger partial charge on any atom is 0.335 e. The summed E-state index contributed by atoms with van der Waals surface area (Å²) in [7, 11) is 3.30. The van der Waals surface area contributed by atoms with Crippen LogP contribution in [-0.2, 0) is 6.54 Å². The molecule has 0 bridgehead atoms. The van der Waals surface area contributed by atoms with Gasteiger partial charge in [0.25, 0.3) is 5.56 Å². The fourth-order valence-corrected chi connectivity index (χ4v) is 6.28. The van der Waals surface area contributed by atoms with Gasteiger partial charge < -0.3 is 19.4 Å². The molecule has 1 fully saturated rings. The molecule has 0 saturated carbocycles. The van der Waals surface area contributed by atoms with E-state index in [-0.39, 0.29) is 11.2 Å². The predicted molar refractivity (Wildman–Crippen MR) is 162 cm³/mol. The van der Waals surface area contributed by atoms with E-state index < -0.39 is 0 Å². The van der Waals surface area contributed by atoms with Crippen LogP contribution in [0.3, 0.4) is 0 Å². The number of likely N-dealkylation sites (tertiary alicyclic amines) is 1. The first-order valence-corrected chi connectivity index (χ1v) is 14.3. The van der Waals surface area contributed by atoms with Crippen molar-refractivity contribution in [3.8, 4) is 22.6 Å². The Balaban J connectivity index is 1.18. The topological polar surface area (TPSA) is 81.0 Å². The van der Waals surface area contributed by atoms with Crippen molar-refractivity contribution >= 4 is 16.4 Å². The predicted octanol–water partition coefficient (Wildman–Crippen LogP) is 5.29. The van der Waals surface area contributed by atoms with Gasteiger partial charge in [-0.3, -0.25) is 13.8 Å². The number of fused-ring (bicyclic) bond motifs is 2. The van der Waals surface area contributed by atoms with Gasteiger partial charge >= 0.3 is 5.69 Å². The Hall–Kier alpha value is -4.30. The third-order valence-corrected chi connectivity index (χ3v) is 8.36. The number of pyridine rings is 1. The van der Waals surface area contributed by atoms with Gasteiger partial charge in [-0.25, -0.2) is 4.79 Å². The second-order valence-corrected chi connectivity index (χ2v) is 10.8. The van der Waals surface area contributed by atoms with E-state index in [9.17, 15) is 9.59 Å². The fraction of sp³-hybridized carbons (Fsp3) is 0.333. The van der Waals surface area contributed by atoms with Crippen LogP contribution in [0.5, 0.6) is 11.5 Å². The molecule has 0 aliphatic carbocycles. The number of ether oxygens (including phenoxy) is 2. The van der Waals surface area contributed by atoms with Crippen LogP contribution in [0.15, 0.2) is 82.6 Å². The maximum atomic E-state index is 13.8. The monoisotopic (exact) mass is 552 g/mol. The molecule has 1 aliphatic rings. The molecule has 0 radical (unpaired) electrons. The number of hydrogen-bond donors (Lipinski definition) is 1. The molecule has 41 heavy (non-hydrogen) atoms. The minimum absolute atomic E-state index is 0.279. The zero-order valence-electron chi connectivity index (χ0n) is 23.6. The minimum Gasteiger partial charge on any atom is -0.497 e. The molecular formula is C33H36N4O4. The number of H-pyrrole nitrogens is 1. The first-order valence-electron chi connectivity index (χ1n) is 14.3. The summed E-state index contributed by atoms with van der Waals surface area (Å²) in [6.45, 7) is 3.38. The minimum atomic E-state index is -0.308.